The number of amides is 1. The van der Waals surface area contributed by atoms with E-state index in [0.717, 1.165) is 27.8 Å². The van der Waals surface area contributed by atoms with Crippen LogP contribution in [0.25, 0.3) is 10.9 Å². The molecule has 0 saturated heterocycles. The number of H-pyrrole nitrogens is 1. The van der Waals surface area contributed by atoms with Gasteiger partial charge in [0.05, 0.1) is 9.21 Å². The highest BCUT2D eigenvalue weighted by molar-refractivity contribution is 7.18. The predicted octanol–water partition coefficient (Wildman–Crippen LogP) is 3.31. The minimum Gasteiger partial charge on any atom is -0.480 e. The van der Waals surface area contributed by atoms with Crippen molar-refractivity contribution in [1.82, 2.24) is 10.3 Å². The van der Waals surface area contributed by atoms with E-state index >= 15 is 0 Å². The van der Waals surface area contributed by atoms with E-state index in [1.54, 1.807) is 18.3 Å². The van der Waals surface area contributed by atoms with Gasteiger partial charge in [0.25, 0.3) is 5.91 Å². The number of hydrogen-bond acceptors (Lipinski definition) is 3. The Bertz CT molecular complexity index is 871. The first-order chi connectivity index (χ1) is 11.0. The minimum atomic E-state index is -1.08. The lowest BCUT2D eigenvalue weighted by Gasteiger charge is -2.13. The maximum atomic E-state index is 12.1. The van der Waals surface area contributed by atoms with Crippen molar-refractivity contribution in [3.05, 3.63) is 57.4 Å². The Kier molecular flexibility index (Phi) is 4.36. The Morgan fingerprint density at radius 1 is 1.26 bits per heavy atom. The standard InChI is InChI=1S/C16H13ClN2O3S/c17-14-6-5-13(23-14)15(20)19-12(16(21)22)7-9-8-18-11-4-2-1-3-10(9)11/h1-6,8,12,18H,7H2,(H,19,20)(H,21,22). The minimum absolute atomic E-state index is 0.199. The van der Waals surface area contributed by atoms with Crippen LogP contribution < -0.4 is 5.32 Å². The van der Waals surface area contributed by atoms with Crippen molar-refractivity contribution in [2.45, 2.75) is 12.5 Å². The first kappa shape index (κ1) is 15.6. The van der Waals surface area contributed by atoms with Crippen LogP contribution in [0.2, 0.25) is 4.34 Å². The number of carboxylic acids is 1. The zero-order valence-electron chi connectivity index (χ0n) is 11.9. The summed E-state index contributed by atoms with van der Waals surface area (Å²) in [6, 6.07) is 9.80. The van der Waals surface area contributed by atoms with Gasteiger partial charge in [-0.3, -0.25) is 4.79 Å². The van der Waals surface area contributed by atoms with E-state index in [0.29, 0.717) is 9.21 Å². The van der Waals surface area contributed by atoms with Gasteiger partial charge < -0.3 is 15.4 Å². The van der Waals surface area contributed by atoms with Crippen LogP contribution in [0, 0.1) is 0 Å². The van der Waals surface area contributed by atoms with Crippen molar-refractivity contribution in [1.29, 1.82) is 0 Å². The summed E-state index contributed by atoms with van der Waals surface area (Å²) in [7, 11) is 0. The third-order valence-corrected chi connectivity index (χ3v) is 4.73. The van der Waals surface area contributed by atoms with Gasteiger partial charge in [0, 0.05) is 23.5 Å². The van der Waals surface area contributed by atoms with Crippen molar-refractivity contribution < 1.29 is 14.7 Å². The van der Waals surface area contributed by atoms with Crippen molar-refractivity contribution in [2.24, 2.45) is 0 Å². The average molecular weight is 349 g/mol. The van der Waals surface area contributed by atoms with Crippen LogP contribution in [-0.2, 0) is 11.2 Å². The lowest BCUT2D eigenvalue weighted by Crippen LogP contribution is -2.42. The number of halogens is 1. The van der Waals surface area contributed by atoms with Gasteiger partial charge in [-0.25, -0.2) is 4.79 Å². The molecule has 1 atom stereocenters. The number of aliphatic carboxylic acids is 1. The number of thiophene rings is 1. The van der Waals surface area contributed by atoms with E-state index < -0.39 is 17.9 Å². The van der Waals surface area contributed by atoms with Gasteiger partial charge in [0.15, 0.2) is 0 Å². The largest absolute Gasteiger partial charge is 0.480 e. The fourth-order valence-corrected chi connectivity index (χ4v) is 3.33. The Morgan fingerprint density at radius 3 is 2.74 bits per heavy atom. The number of benzene rings is 1. The molecule has 3 aromatic rings. The van der Waals surface area contributed by atoms with Crippen molar-refractivity contribution in [2.75, 3.05) is 0 Å². The molecule has 1 amide bonds. The molecule has 0 aliphatic rings. The SMILES string of the molecule is O=C(NC(Cc1c[nH]c2ccccc12)C(=O)O)c1ccc(Cl)s1. The lowest BCUT2D eigenvalue weighted by atomic mass is 10.0. The normalized spacial score (nSPS) is 12.2. The van der Waals surface area contributed by atoms with Gasteiger partial charge in [-0.2, -0.15) is 0 Å². The summed E-state index contributed by atoms with van der Waals surface area (Å²) in [5.74, 6) is -1.51. The number of carboxylic acid groups (broad SMARTS) is 1. The molecule has 1 unspecified atom stereocenters. The monoisotopic (exact) mass is 348 g/mol. The molecule has 3 rings (SSSR count). The topological polar surface area (TPSA) is 82.2 Å². The first-order valence-electron chi connectivity index (χ1n) is 6.88. The summed E-state index contributed by atoms with van der Waals surface area (Å²) in [5.41, 5.74) is 1.78. The second-order valence-corrected chi connectivity index (χ2v) is 6.75. The Morgan fingerprint density at radius 2 is 2.04 bits per heavy atom. The quantitative estimate of drug-likeness (QED) is 0.661. The molecule has 23 heavy (non-hydrogen) atoms. The second-order valence-electron chi connectivity index (χ2n) is 5.03. The van der Waals surface area contributed by atoms with Gasteiger partial charge in [-0.05, 0) is 23.8 Å². The molecule has 0 aliphatic heterocycles. The highest BCUT2D eigenvalue weighted by atomic mass is 35.5. The fraction of sp³-hybridized carbons (Fsp3) is 0.125. The maximum Gasteiger partial charge on any atom is 0.326 e. The van der Waals surface area contributed by atoms with Gasteiger partial charge in [0.1, 0.15) is 6.04 Å². The van der Waals surface area contributed by atoms with E-state index in [1.807, 2.05) is 24.3 Å². The molecular weight excluding hydrogens is 336 g/mol. The smallest absolute Gasteiger partial charge is 0.326 e. The summed E-state index contributed by atoms with van der Waals surface area (Å²) in [5, 5.41) is 12.9. The maximum absolute atomic E-state index is 12.1. The molecule has 0 fully saturated rings. The number of hydrogen-bond donors (Lipinski definition) is 3. The number of para-hydroxylation sites is 1. The molecule has 0 saturated carbocycles. The molecule has 0 aliphatic carbocycles. The molecule has 1 aromatic carbocycles. The number of fused-ring (bicyclic) bond motifs is 1. The highest BCUT2D eigenvalue weighted by Gasteiger charge is 2.23. The summed E-state index contributed by atoms with van der Waals surface area (Å²) >= 11 is 6.92. The Labute approximate surface area is 140 Å². The molecule has 3 N–H and O–H groups in total. The van der Waals surface area contributed by atoms with E-state index in [1.165, 1.54) is 0 Å². The molecule has 0 bridgehead atoms. The van der Waals surface area contributed by atoms with Gasteiger partial charge in [-0.1, -0.05) is 29.8 Å². The molecule has 0 spiro atoms. The van der Waals surface area contributed by atoms with Crippen LogP contribution in [-0.4, -0.2) is 28.0 Å². The van der Waals surface area contributed by atoms with Crippen LogP contribution in [0.15, 0.2) is 42.6 Å². The van der Waals surface area contributed by atoms with E-state index in [-0.39, 0.29) is 6.42 Å². The number of aromatic nitrogens is 1. The van der Waals surface area contributed by atoms with Crippen molar-refractivity contribution in [3.8, 4) is 0 Å². The van der Waals surface area contributed by atoms with Crippen LogP contribution in [0.5, 0.6) is 0 Å². The predicted molar refractivity (Wildman–Crippen MR) is 90.2 cm³/mol. The van der Waals surface area contributed by atoms with E-state index in [9.17, 15) is 14.7 Å². The van der Waals surface area contributed by atoms with Gasteiger partial charge in [0.2, 0.25) is 0 Å². The summed E-state index contributed by atoms with van der Waals surface area (Å²) < 4.78 is 0.485. The Hall–Kier alpha value is -2.31. The third kappa shape index (κ3) is 3.38. The molecule has 2 heterocycles. The zero-order valence-corrected chi connectivity index (χ0v) is 13.4. The highest BCUT2D eigenvalue weighted by Crippen LogP contribution is 2.22. The van der Waals surface area contributed by atoms with Gasteiger partial charge in [-0.15, -0.1) is 11.3 Å². The number of carbonyl (C=O) groups excluding carboxylic acids is 1. The number of aromatic amines is 1. The van der Waals surface area contributed by atoms with Crippen molar-refractivity contribution in [3.63, 3.8) is 0 Å². The second kappa shape index (κ2) is 6.44. The fourth-order valence-electron chi connectivity index (χ4n) is 2.39. The molecule has 2 aromatic heterocycles. The molecular formula is C16H13ClN2O3S. The average Bonchev–Trinajstić information content (AvgIpc) is 3.13. The molecule has 118 valence electrons. The molecule has 0 radical (unpaired) electrons. The van der Waals surface area contributed by atoms with E-state index in [4.69, 9.17) is 11.6 Å². The number of nitrogens with one attached hydrogen (secondary N) is 2. The van der Waals surface area contributed by atoms with Crippen LogP contribution in [0.1, 0.15) is 15.2 Å². The van der Waals surface area contributed by atoms with Crippen molar-refractivity contribution >= 4 is 45.7 Å². The van der Waals surface area contributed by atoms with E-state index in [2.05, 4.69) is 10.3 Å². The first-order valence-corrected chi connectivity index (χ1v) is 8.08. The zero-order chi connectivity index (χ0) is 16.4. The van der Waals surface area contributed by atoms with Crippen LogP contribution >= 0.6 is 22.9 Å². The van der Waals surface area contributed by atoms with Crippen LogP contribution in [0.3, 0.4) is 0 Å². The van der Waals surface area contributed by atoms with Gasteiger partial charge >= 0.3 is 5.97 Å². The summed E-state index contributed by atoms with van der Waals surface area (Å²) in [6.07, 6.45) is 1.97. The summed E-state index contributed by atoms with van der Waals surface area (Å²) in [4.78, 5) is 27.1. The third-order valence-electron chi connectivity index (χ3n) is 3.50. The number of carbonyl (C=O) groups is 2. The number of rotatable bonds is 5. The van der Waals surface area contributed by atoms with Crippen LogP contribution in [0.4, 0.5) is 0 Å². The molecule has 5 nitrogen and oxygen atoms in total. The summed E-state index contributed by atoms with van der Waals surface area (Å²) in [6.45, 7) is 0. The molecule has 7 heteroatoms. The Balaban J connectivity index is 1.79. The lowest BCUT2D eigenvalue weighted by molar-refractivity contribution is -0.139.